The van der Waals surface area contributed by atoms with Gasteiger partial charge in [0.25, 0.3) is 17.1 Å². The Hall–Kier alpha value is -7.21. The van der Waals surface area contributed by atoms with Gasteiger partial charge in [-0.3, -0.25) is 39.9 Å². The number of anilines is 4. The highest BCUT2D eigenvalue weighted by atomic mass is 35.5. The Labute approximate surface area is 328 Å². The van der Waals surface area contributed by atoms with Gasteiger partial charge >= 0.3 is 24.7 Å². The van der Waals surface area contributed by atoms with Crippen molar-refractivity contribution in [2.24, 2.45) is 0 Å². The molecule has 0 aliphatic carbocycles. The number of nitrogen functional groups attached to an aromatic ring is 2. The summed E-state index contributed by atoms with van der Waals surface area (Å²) in [6, 6.07) is 1.73. The van der Waals surface area contributed by atoms with Crippen molar-refractivity contribution in [3.8, 4) is 0 Å². The van der Waals surface area contributed by atoms with Crippen LogP contribution < -0.4 is 22.1 Å². The number of hydrogen-bond donors (Lipinski definition) is 4. The standard InChI is InChI=1S/C8H6F3N3O3.C8H8F3N3O.C6H2ClF3N2O2.C6H4F3N3O2/c1-4(15)13-7-6(8(9,10)11)2-5(3-12-7)14(16)17;1-4(15)14-7-6(8(9,10)11)2-5(12)3-13-7;7-5-4(6(8,9)10)1-3(2-11-5)12(13)14;7-6(8,9)4-1-3(12(13)14)2-11-5(4)10/h2-3H,1H3,(H,12,13,15);2-3H,12H2,1H3,(H,13,14,15);1-2H;1-2H,(H2,10,11). The largest absolute Gasteiger partial charge is 0.420 e. The summed E-state index contributed by atoms with van der Waals surface area (Å²) in [7, 11) is 0. The molecule has 0 saturated carbocycles. The highest BCUT2D eigenvalue weighted by Crippen LogP contribution is 2.38. The van der Waals surface area contributed by atoms with Crippen LogP contribution in [0.5, 0.6) is 0 Å². The van der Waals surface area contributed by atoms with Gasteiger partial charge in [0.15, 0.2) is 0 Å². The molecule has 0 spiro atoms. The molecule has 4 aromatic rings. The molecule has 0 radical (unpaired) electrons. The number of carbonyl (C=O) groups excluding carboxylic acids is 2. The Morgan fingerprint density at radius 2 is 0.867 bits per heavy atom. The Balaban J connectivity index is 0.000000401. The quantitative estimate of drug-likeness (QED) is 0.0642. The summed E-state index contributed by atoms with van der Waals surface area (Å²) in [6.07, 6.45) is -15.9. The van der Waals surface area contributed by atoms with E-state index in [0.29, 0.717) is 36.8 Å². The molecule has 326 valence electrons. The highest BCUT2D eigenvalue weighted by Gasteiger charge is 2.38. The Morgan fingerprint density at radius 1 is 0.550 bits per heavy atom. The molecule has 6 N–H and O–H groups in total. The molecular weight excluding hydrogens is 882 g/mol. The second kappa shape index (κ2) is 20.0. The van der Waals surface area contributed by atoms with Crippen molar-refractivity contribution in [2.75, 3.05) is 22.1 Å². The van der Waals surface area contributed by atoms with Crippen LogP contribution in [-0.2, 0) is 34.3 Å². The molecule has 0 aromatic carbocycles. The number of rotatable bonds is 5. The molecule has 4 aromatic heterocycles. The molecule has 0 saturated heterocycles. The van der Waals surface area contributed by atoms with E-state index in [1.165, 1.54) is 0 Å². The lowest BCUT2D eigenvalue weighted by Gasteiger charge is -2.12. The van der Waals surface area contributed by atoms with Gasteiger partial charge in [0.1, 0.15) is 57.9 Å². The van der Waals surface area contributed by atoms with E-state index in [1.54, 1.807) is 0 Å². The van der Waals surface area contributed by atoms with Crippen LogP contribution in [0.2, 0.25) is 5.15 Å². The van der Waals surface area contributed by atoms with Crippen molar-refractivity contribution in [1.29, 1.82) is 0 Å². The molecule has 0 atom stereocenters. The van der Waals surface area contributed by atoms with Gasteiger partial charge in [-0.25, -0.2) is 19.9 Å². The van der Waals surface area contributed by atoms with Gasteiger partial charge in [-0.05, 0) is 6.07 Å². The van der Waals surface area contributed by atoms with Crippen LogP contribution in [0.3, 0.4) is 0 Å². The first-order valence-corrected chi connectivity index (χ1v) is 15.0. The number of aromatic nitrogens is 4. The minimum absolute atomic E-state index is 0.114. The molecule has 0 aliphatic heterocycles. The van der Waals surface area contributed by atoms with E-state index < -0.39 is 113 Å². The molecule has 2 amide bonds. The Kier molecular flexibility index (Phi) is 16.9. The van der Waals surface area contributed by atoms with Gasteiger partial charge in [-0.15, -0.1) is 0 Å². The SMILES string of the molecule is CC(=O)Nc1ncc(N)cc1C(F)(F)F.CC(=O)Nc1ncc([N+](=O)[O-])cc1C(F)(F)F.Nc1ncc([N+](=O)[O-])cc1C(F)(F)F.O=[N+]([O-])c1cnc(Cl)c(C(F)(F)F)c1. The zero-order valence-electron chi connectivity index (χ0n) is 29.1. The summed E-state index contributed by atoms with van der Waals surface area (Å²) in [5.74, 6) is -3.45. The van der Waals surface area contributed by atoms with Crippen molar-refractivity contribution in [3.05, 3.63) is 107 Å². The normalized spacial score (nSPS) is 11.2. The van der Waals surface area contributed by atoms with Gasteiger partial charge < -0.3 is 22.1 Å². The van der Waals surface area contributed by atoms with Crippen LogP contribution in [0.15, 0.2) is 49.1 Å². The summed E-state index contributed by atoms with van der Waals surface area (Å²) >= 11 is 5.13. The van der Waals surface area contributed by atoms with E-state index >= 15 is 0 Å². The maximum absolute atomic E-state index is 12.5. The first-order valence-electron chi connectivity index (χ1n) is 14.6. The Bertz CT molecular complexity index is 2170. The van der Waals surface area contributed by atoms with Crippen molar-refractivity contribution in [2.45, 2.75) is 38.6 Å². The number of hydrogen-bond acceptors (Lipinski definition) is 14. The molecule has 0 bridgehead atoms. The van der Waals surface area contributed by atoms with Crippen LogP contribution in [0.25, 0.3) is 0 Å². The van der Waals surface area contributed by atoms with Gasteiger partial charge in [0.2, 0.25) is 11.8 Å². The summed E-state index contributed by atoms with van der Waals surface area (Å²) in [6.45, 7) is 2.10. The number of amides is 2. The molecule has 32 heteroatoms. The predicted octanol–water partition coefficient (Wildman–Crippen LogP) is 7.86. The van der Waals surface area contributed by atoms with E-state index in [0.717, 1.165) is 26.1 Å². The first-order chi connectivity index (χ1) is 27.2. The molecule has 4 heterocycles. The van der Waals surface area contributed by atoms with Gasteiger partial charge in [-0.1, -0.05) is 11.6 Å². The number of alkyl halides is 12. The fourth-order valence-electron chi connectivity index (χ4n) is 3.53. The van der Waals surface area contributed by atoms with Crippen molar-refractivity contribution in [3.63, 3.8) is 0 Å². The van der Waals surface area contributed by atoms with Crippen LogP contribution in [0.1, 0.15) is 36.1 Å². The van der Waals surface area contributed by atoms with Crippen molar-refractivity contribution in [1.82, 2.24) is 19.9 Å². The number of pyridine rings is 4. The lowest BCUT2D eigenvalue weighted by atomic mass is 10.2. The maximum atomic E-state index is 12.5. The summed E-state index contributed by atoms with van der Waals surface area (Å²) in [4.78, 5) is 61.7. The van der Waals surface area contributed by atoms with E-state index in [2.05, 4.69) is 19.9 Å². The topological polar surface area (TPSA) is 291 Å². The third-order valence-electron chi connectivity index (χ3n) is 5.95. The minimum Gasteiger partial charge on any atom is -0.397 e. The van der Waals surface area contributed by atoms with Crippen LogP contribution in [0.4, 0.5) is 92.9 Å². The molecular formula is C28H20ClF12N11O8. The fraction of sp³-hybridized carbons (Fsp3) is 0.214. The van der Waals surface area contributed by atoms with E-state index in [1.807, 2.05) is 10.6 Å². The monoisotopic (exact) mass is 901 g/mol. The van der Waals surface area contributed by atoms with Gasteiger partial charge in [0.05, 0.1) is 32.2 Å². The third kappa shape index (κ3) is 16.0. The van der Waals surface area contributed by atoms with Gasteiger partial charge in [-0.2, -0.15) is 52.7 Å². The fourth-order valence-corrected chi connectivity index (χ4v) is 3.74. The number of nitro groups is 3. The Morgan fingerprint density at radius 3 is 1.23 bits per heavy atom. The second-order valence-electron chi connectivity index (χ2n) is 10.5. The summed E-state index contributed by atoms with van der Waals surface area (Å²) < 4.78 is 148. The average Bonchev–Trinajstić information content (AvgIpc) is 3.08. The molecule has 0 aliphatic rings. The van der Waals surface area contributed by atoms with E-state index in [-0.39, 0.29) is 5.69 Å². The molecule has 19 nitrogen and oxygen atoms in total. The highest BCUT2D eigenvalue weighted by molar-refractivity contribution is 6.30. The van der Waals surface area contributed by atoms with E-state index in [9.17, 15) is 92.6 Å². The third-order valence-corrected chi connectivity index (χ3v) is 6.25. The maximum Gasteiger partial charge on any atom is 0.420 e. The van der Waals surface area contributed by atoms with Crippen LogP contribution >= 0.6 is 11.6 Å². The minimum atomic E-state index is -4.84. The lowest BCUT2D eigenvalue weighted by Crippen LogP contribution is -2.15. The second-order valence-corrected chi connectivity index (χ2v) is 10.9. The number of nitrogens with zero attached hydrogens (tertiary/aromatic N) is 7. The predicted molar refractivity (Wildman–Crippen MR) is 179 cm³/mol. The summed E-state index contributed by atoms with van der Waals surface area (Å²) in [5, 5.41) is 33.7. The molecule has 4 rings (SSSR count). The number of nitrogens with two attached hydrogens (primary N) is 2. The van der Waals surface area contributed by atoms with Crippen molar-refractivity contribution >= 4 is 63.6 Å². The molecule has 0 fully saturated rings. The first kappa shape index (κ1) is 50.8. The smallest absolute Gasteiger partial charge is 0.397 e. The lowest BCUT2D eigenvalue weighted by molar-refractivity contribution is -0.385. The number of nitrogens with one attached hydrogen (secondary N) is 2. The van der Waals surface area contributed by atoms with Crippen LogP contribution in [-0.4, -0.2) is 46.5 Å². The zero-order valence-corrected chi connectivity index (χ0v) is 29.8. The van der Waals surface area contributed by atoms with Crippen LogP contribution in [0, 0.1) is 30.3 Å². The molecule has 0 unspecified atom stereocenters. The zero-order chi connectivity index (χ0) is 46.7. The van der Waals surface area contributed by atoms with E-state index in [4.69, 9.17) is 23.1 Å². The molecule has 60 heavy (non-hydrogen) atoms. The number of halogens is 13. The van der Waals surface area contributed by atoms with Crippen molar-refractivity contribution < 1.29 is 77.0 Å². The summed E-state index contributed by atoms with van der Waals surface area (Å²) in [5.41, 5.74) is 2.67. The van der Waals surface area contributed by atoms with Gasteiger partial charge in [0, 0.05) is 32.0 Å². The average molecular weight is 902 g/mol. The number of carbonyl (C=O) groups is 2.